The first-order valence-electron chi connectivity index (χ1n) is 10.2. The lowest BCUT2D eigenvalue weighted by molar-refractivity contribution is 0.410. The zero-order valence-electron chi connectivity index (χ0n) is 17.9. The lowest BCUT2D eigenvalue weighted by atomic mass is 10.0. The first-order valence-corrected chi connectivity index (χ1v) is 10.6. The summed E-state index contributed by atoms with van der Waals surface area (Å²) >= 11 is 5.66. The number of nitrogens with one attached hydrogen (secondary N) is 2. The summed E-state index contributed by atoms with van der Waals surface area (Å²) in [6.07, 6.45) is 3.48. The Kier molecular flexibility index (Phi) is 6.28. The number of anilines is 1. The van der Waals surface area contributed by atoms with Crippen LogP contribution < -0.4 is 10.9 Å². The molecule has 0 atom stereocenters. The van der Waals surface area contributed by atoms with Crippen LogP contribution in [0.3, 0.4) is 0 Å². The van der Waals surface area contributed by atoms with E-state index in [2.05, 4.69) is 15.3 Å². The zero-order valence-corrected chi connectivity index (χ0v) is 18.7. The van der Waals surface area contributed by atoms with E-state index in [4.69, 9.17) is 12.2 Å². The Hall–Kier alpha value is -3.58. The number of rotatable bonds is 5. The van der Waals surface area contributed by atoms with Gasteiger partial charge in [0, 0.05) is 35.6 Å². The van der Waals surface area contributed by atoms with Gasteiger partial charge < -0.3 is 15.2 Å². The van der Waals surface area contributed by atoms with Crippen LogP contribution in [0.4, 0.5) is 10.1 Å². The molecule has 0 fully saturated rings. The molecule has 0 aliphatic heterocycles. The third-order valence-electron chi connectivity index (χ3n) is 5.36. The zero-order chi connectivity index (χ0) is 22.7. The van der Waals surface area contributed by atoms with Crippen molar-refractivity contribution in [3.05, 3.63) is 105 Å². The maximum absolute atomic E-state index is 13.3. The van der Waals surface area contributed by atoms with Crippen molar-refractivity contribution in [2.75, 3.05) is 5.32 Å². The maximum atomic E-state index is 13.3. The number of benzene rings is 2. The van der Waals surface area contributed by atoms with Crippen molar-refractivity contribution in [1.82, 2.24) is 14.9 Å². The number of fused-ring (bicyclic) bond motifs is 1. The number of H-pyrrole nitrogens is 1. The molecule has 0 amide bonds. The summed E-state index contributed by atoms with van der Waals surface area (Å²) in [5.41, 5.74) is 5.06. The highest BCUT2D eigenvalue weighted by Gasteiger charge is 2.15. The van der Waals surface area contributed by atoms with E-state index in [-0.39, 0.29) is 11.4 Å². The van der Waals surface area contributed by atoms with Crippen molar-refractivity contribution in [2.45, 2.75) is 26.9 Å². The number of thiocarbonyl (C=S) groups is 1. The Labute approximate surface area is 190 Å². The van der Waals surface area contributed by atoms with E-state index < -0.39 is 0 Å². The van der Waals surface area contributed by atoms with Gasteiger partial charge in [0.1, 0.15) is 5.82 Å². The van der Waals surface area contributed by atoms with E-state index in [1.165, 1.54) is 12.1 Å². The standard InChI is InChI=1S/C25H23FN4OS/c1-16-5-6-17(2)23-22(16)12-19(24(31)29-23)15-30(14-18-4-3-11-27-13-18)25(32)28-21-9-7-20(26)8-10-21/h3-13H,14-15H2,1-2H3,(H,28,32)(H,29,31). The fourth-order valence-corrected chi connectivity index (χ4v) is 3.84. The van der Waals surface area contributed by atoms with Crippen LogP contribution in [0.1, 0.15) is 22.3 Å². The van der Waals surface area contributed by atoms with Crippen LogP contribution in [-0.4, -0.2) is 20.0 Å². The van der Waals surface area contributed by atoms with Gasteiger partial charge >= 0.3 is 0 Å². The van der Waals surface area contributed by atoms with Gasteiger partial charge in [0.05, 0.1) is 12.1 Å². The van der Waals surface area contributed by atoms with Crippen LogP contribution in [0.15, 0.2) is 71.8 Å². The summed E-state index contributed by atoms with van der Waals surface area (Å²) in [6, 6.07) is 15.8. The lowest BCUT2D eigenvalue weighted by Gasteiger charge is -2.26. The van der Waals surface area contributed by atoms with E-state index in [1.54, 1.807) is 24.5 Å². The quantitative estimate of drug-likeness (QED) is 0.419. The summed E-state index contributed by atoms with van der Waals surface area (Å²) in [4.78, 5) is 22.0. The average molecular weight is 447 g/mol. The molecule has 2 aromatic heterocycles. The molecule has 0 radical (unpaired) electrons. The number of aromatic nitrogens is 2. The maximum Gasteiger partial charge on any atom is 0.253 e. The van der Waals surface area contributed by atoms with Gasteiger partial charge in [0.15, 0.2) is 5.11 Å². The first-order chi connectivity index (χ1) is 15.4. The Balaban J connectivity index is 1.67. The van der Waals surface area contributed by atoms with Gasteiger partial charge in [-0.1, -0.05) is 18.2 Å². The number of aryl methyl sites for hydroxylation is 2. The Morgan fingerprint density at radius 1 is 1.09 bits per heavy atom. The minimum atomic E-state index is -0.318. The molecular formula is C25H23FN4OS. The van der Waals surface area contributed by atoms with Gasteiger partial charge in [0.2, 0.25) is 0 Å². The minimum absolute atomic E-state index is 0.146. The predicted octanol–water partition coefficient (Wildman–Crippen LogP) is 5.08. The highest BCUT2D eigenvalue weighted by Crippen LogP contribution is 2.21. The topological polar surface area (TPSA) is 61.0 Å². The molecule has 0 aliphatic carbocycles. The summed E-state index contributed by atoms with van der Waals surface area (Å²) in [5, 5.41) is 4.59. The van der Waals surface area contributed by atoms with Crippen molar-refractivity contribution >= 4 is 33.9 Å². The van der Waals surface area contributed by atoms with Gasteiger partial charge in [-0.15, -0.1) is 0 Å². The minimum Gasteiger partial charge on any atom is -0.340 e. The molecule has 0 saturated heterocycles. The molecule has 0 bridgehead atoms. The molecular weight excluding hydrogens is 423 g/mol. The number of halogens is 1. The predicted molar refractivity (Wildman–Crippen MR) is 130 cm³/mol. The third-order valence-corrected chi connectivity index (χ3v) is 5.72. The van der Waals surface area contributed by atoms with Gasteiger partial charge in [-0.3, -0.25) is 9.78 Å². The Morgan fingerprint density at radius 2 is 1.84 bits per heavy atom. The summed E-state index contributed by atoms with van der Waals surface area (Å²) < 4.78 is 13.3. The SMILES string of the molecule is Cc1ccc(C)c2[nH]c(=O)c(CN(Cc3cccnc3)C(=S)Nc3ccc(F)cc3)cc12. The molecule has 0 spiro atoms. The van der Waals surface area contributed by atoms with Crippen LogP contribution in [0.25, 0.3) is 10.9 Å². The van der Waals surface area contributed by atoms with Crippen LogP contribution in [0, 0.1) is 19.7 Å². The number of pyridine rings is 2. The second kappa shape index (κ2) is 9.28. The number of hydrogen-bond donors (Lipinski definition) is 2. The smallest absolute Gasteiger partial charge is 0.253 e. The molecule has 2 N–H and O–H groups in total. The lowest BCUT2D eigenvalue weighted by Crippen LogP contribution is -2.35. The molecule has 0 unspecified atom stereocenters. The van der Waals surface area contributed by atoms with Crippen LogP contribution in [-0.2, 0) is 13.1 Å². The number of aromatic amines is 1. The van der Waals surface area contributed by atoms with Crippen LogP contribution in [0.5, 0.6) is 0 Å². The molecule has 2 aromatic carbocycles. The summed E-state index contributed by atoms with van der Waals surface area (Å²) in [7, 11) is 0. The molecule has 0 saturated carbocycles. The van der Waals surface area contributed by atoms with Crippen LogP contribution in [0.2, 0.25) is 0 Å². The van der Waals surface area contributed by atoms with E-state index >= 15 is 0 Å². The fourth-order valence-electron chi connectivity index (χ4n) is 3.59. The van der Waals surface area contributed by atoms with E-state index in [0.717, 1.165) is 27.6 Å². The highest BCUT2D eigenvalue weighted by atomic mass is 32.1. The van der Waals surface area contributed by atoms with E-state index in [1.807, 2.05) is 49.1 Å². The van der Waals surface area contributed by atoms with Gasteiger partial charge in [-0.25, -0.2) is 4.39 Å². The highest BCUT2D eigenvalue weighted by molar-refractivity contribution is 7.80. The van der Waals surface area contributed by atoms with Crippen molar-refractivity contribution in [2.24, 2.45) is 0 Å². The van der Waals surface area contributed by atoms with Crippen LogP contribution >= 0.6 is 12.2 Å². The molecule has 7 heteroatoms. The second-order valence-corrected chi connectivity index (χ2v) is 8.15. The number of nitrogens with zero attached hydrogens (tertiary/aromatic N) is 2. The fraction of sp³-hybridized carbons (Fsp3) is 0.160. The molecule has 162 valence electrons. The van der Waals surface area contributed by atoms with Gasteiger partial charge in [-0.2, -0.15) is 0 Å². The summed E-state index contributed by atoms with van der Waals surface area (Å²) in [5.74, 6) is -0.318. The third kappa shape index (κ3) is 4.84. The van der Waals surface area contributed by atoms with E-state index in [0.29, 0.717) is 29.5 Å². The number of hydrogen-bond acceptors (Lipinski definition) is 3. The largest absolute Gasteiger partial charge is 0.340 e. The molecule has 4 rings (SSSR count). The molecule has 4 aromatic rings. The monoisotopic (exact) mass is 446 g/mol. The first kappa shape index (κ1) is 21.6. The van der Waals surface area contributed by atoms with Crippen molar-refractivity contribution < 1.29 is 4.39 Å². The Morgan fingerprint density at radius 3 is 2.56 bits per heavy atom. The molecule has 0 aliphatic rings. The van der Waals surface area contributed by atoms with Gasteiger partial charge in [-0.05, 0) is 79.2 Å². The molecule has 5 nitrogen and oxygen atoms in total. The van der Waals surface area contributed by atoms with Crippen molar-refractivity contribution in [3.8, 4) is 0 Å². The Bertz CT molecular complexity index is 1320. The molecule has 32 heavy (non-hydrogen) atoms. The van der Waals surface area contributed by atoms with Crippen molar-refractivity contribution in [3.63, 3.8) is 0 Å². The van der Waals surface area contributed by atoms with Crippen molar-refractivity contribution in [1.29, 1.82) is 0 Å². The van der Waals surface area contributed by atoms with E-state index in [9.17, 15) is 9.18 Å². The second-order valence-electron chi connectivity index (χ2n) is 7.77. The molecule has 2 heterocycles. The van der Waals surface area contributed by atoms with Gasteiger partial charge in [0.25, 0.3) is 5.56 Å². The average Bonchev–Trinajstić information content (AvgIpc) is 2.79. The normalized spacial score (nSPS) is 10.8. The summed E-state index contributed by atoms with van der Waals surface area (Å²) in [6.45, 7) is 4.78.